The van der Waals surface area contributed by atoms with Gasteiger partial charge in [-0.2, -0.15) is 0 Å². The molecular weight excluding hydrogens is 404 g/mol. The van der Waals surface area contributed by atoms with Gasteiger partial charge in [0.05, 0.1) is 6.26 Å². The summed E-state index contributed by atoms with van der Waals surface area (Å²) in [5, 5.41) is 6.18. The molecule has 0 bridgehead atoms. The summed E-state index contributed by atoms with van der Waals surface area (Å²) in [5.74, 6) is 0.163. The van der Waals surface area contributed by atoms with Gasteiger partial charge in [-0.05, 0) is 73.2 Å². The SMILES string of the molecule is Cc1ccc(NC(=O)c2ccco2)cc1NC(=O)c1ccc(-c2ccc(Cl)cc2)o1. The van der Waals surface area contributed by atoms with Crippen molar-refractivity contribution in [2.24, 2.45) is 0 Å². The molecule has 2 aromatic carbocycles. The Morgan fingerprint density at radius 1 is 0.867 bits per heavy atom. The Labute approximate surface area is 177 Å². The highest BCUT2D eigenvalue weighted by Crippen LogP contribution is 2.26. The first kappa shape index (κ1) is 19.5. The van der Waals surface area contributed by atoms with E-state index in [0.29, 0.717) is 22.2 Å². The second-order valence-electron chi connectivity index (χ2n) is 6.59. The zero-order chi connectivity index (χ0) is 21.1. The van der Waals surface area contributed by atoms with Crippen molar-refractivity contribution in [2.45, 2.75) is 6.92 Å². The predicted molar refractivity (Wildman–Crippen MR) is 115 cm³/mol. The van der Waals surface area contributed by atoms with Crippen molar-refractivity contribution < 1.29 is 18.4 Å². The van der Waals surface area contributed by atoms with E-state index in [1.165, 1.54) is 6.26 Å². The number of carbonyl (C=O) groups is 2. The minimum Gasteiger partial charge on any atom is -0.459 e. The van der Waals surface area contributed by atoms with E-state index in [9.17, 15) is 9.59 Å². The van der Waals surface area contributed by atoms with Gasteiger partial charge >= 0.3 is 0 Å². The highest BCUT2D eigenvalue weighted by Gasteiger charge is 2.15. The molecule has 4 rings (SSSR count). The summed E-state index contributed by atoms with van der Waals surface area (Å²) in [7, 11) is 0. The van der Waals surface area contributed by atoms with Crippen LogP contribution in [0.3, 0.4) is 0 Å². The molecule has 2 aromatic heterocycles. The maximum Gasteiger partial charge on any atom is 0.291 e. The third-order valence-corrected chi connectivity index (χ3v) is 4.70. The summed E-state index contributed by atoms with van der Waals surface area (Å²) in [4.78, 5) is 24.8. The molecule has 4 aromatic rings. The third kappa shape index (κ3) is 4.29. The van der Waals surface area contributed by atoms with Gasteiger partial charge in [-0.25, -0.2) is 0 Å². The Morgan fingerprint density at radius 3 is 2.37 bits per heavy atom. The van der Waals surface area contributed by atoms with E-state index in [-0.39, 0.29) is 17.4 Å². The number of amides is 2. The lowest BCUT2D eigenvalue weighted by atomic mass is 10.1. The first-order valence-electron chi connectivity index (χ1n) is 9.12. The highest BCUT2D eigenvalue weighted by atomic mass is 35.5. The molecule has 0 saturated carbocycles. The Bertz CT molecular complexity index is 1190. The fourth-order valence-electron chi connectivity index (χ4n) is 2.85. The monoisotopic (exact) mass is 420 g/mol. The molecule has 0 fully saturated rings. The molecule has 0 radical (unpaired) electrons. The smallest absolute Gasteiger partial charge is 0.291 e. The third-order valence-electron chi connectivity index (χ3n) is 4.45. The first-order valence-corrected chi connectivity index (χ1v) is 9.50. The zero-order valence-electron chi connectivity index (χ0n) is 15.9. The average Bonchev–Trinajstić information content (AvgIpc) is 3.43. The molecular formula is C23H17ClN2O4. The number of anilines is 2. The number of carbonyl (C=O) groups excluding carboxylic acids is 2. The van der Waals surface area contributed by atoms with Crippen LogP contribution in [0.5, 0.6) is 0 Å². The quantitative estimate of drug-likeness (QED) is 0.414. The molecule has 0 unspecified atom stereocenters. The molecule has 150 valence electrons. The maximum absolute atomic E-state index is 12.7. The lowest BCUT2D eigenvalue weighted by Gasteiger charge is -2.10. The van der Waals surface area contributed by atoms with Gasteiger partial charge in [0.15, 0.2) is 11.5 Å². The Kier molecular flexibility index (Phi) is 5.41. The van der Waals surface area contributed by atoms with Gasteiger partial charge in [0.2, 0.25) is 0 Å². The van der Waals surface area contributed by atoms with Crippen LogP contribution >= 0.6 is 11.6 Å². The fourth-order valence-corrected chi connectivity index (χ4v) is 2.97. The summed E-state index contributed by atoms with van der Waals surface area (Å²) >= 11 is 5.91. The number of rotatable bonds is 5. The molecule has 2 amide bonds. The van der Waals surface area contributed by atoms with Gasteiger partial charge in [0, 0.05) is 22.0 Å². The molecule has 0 aliphatic heterocycles. The molecule has 2 heterocycles. The standard InChI is InChI=1S/C23H17ClN2O4/c1-14-4-9-17(25-22(27)20-3-2-12-29-20)13-18(14)26-23(28)21-11-10-19(30-21)15-5-7-16(24)8-6-15/h2-13H,1H3,(H,25,27)(H,26,28). The van der Waals surface area contributed by atoms with Crippen molar-refractivity contribution in [2.75, 3.05) is 10.6 Å². The normalized spacial score (nSPS) is 10.6. The number of hydrogen-bond donors (Lipinski definition) is 2. The Hall–Kier alpha value is -3.77. The fraction of sp³-hybridized carbons (Fsp3) is 0.0435. The molecule has 2 N–H and O–H groups in total. The van der Waals surface area contributed by atoms with Gasteiger partial charge < -0.3 is 19.5 Å². The van der Waals surface area contributed by atoms with E-state index in [2.05, 4.69) is 10.6 Å². The molecule has 0 atom stereocenters. The summed E-state index contributed by atoms with van der Waals surface area (Å²) in [6.45, 7) is 1.86. The van der Waals surface area contributed by atoms with Crippen LogP contribution in [0, 0.1) is 6.92 Å². The topological polar surface area (TPSA) is 84.5 Å². The first-order chi connectivity index (χ1) is 14.5. The predicted octanol–water partition coefficient (Wildman–Crippen LogP) is 6.01. The van der Waals surface area contributed by atoms with Crippen molar-refractivity contribution in [3.63, 3.8) is 0 Å². The van der Waals surface area contributed by atoms with Gasteiger partial charge in [0.25, 0.3) is 11.8 Å². The summed E-state index contributed by atoms with van der Waals surface area (Å²) < 4.78 is 10.8. The van der Waals surface area contributed by atoms with E-state index in [1.54, 1.807) is 54.6 Å². The zero-order valence-corrected chi connectivity index (χ0v) is 16.7. The van der Waals surface area contributed by atoms with Crippen molar-refractivity contribution in [3.8, 4) is 11.3 Å². The van der Waals surface area contributed by atoms with E-state index >= 15 is 0 Å². The highest BCUT2D eigenvalue weighted by molar-refractivity contribution is 6.30. The second kappa shape index (κ2) is 8.31. The van der Waals surface area contributed by atoms with Gasteiger partial charge in [-0.1, -0.05) is 17.7 Å². The van der Waals surface area contributed by atoms with Crippen LogP contribution < -0.4 is 10.6 Å². The molecule has 30 heavy (non-hydrogen) atoms. The summed E-state index contributed by atoms with van der Waals surface area (Å²) in [5.41, 5.74) is 2.74. The van der Waals surface area contributed by atoms with Crippen LogP contribution in [-0.2, 0) is 0 Å². The molecule has 7 heteroatoms. The second-order valence-corrected chi connectivity index (χ2v) is 7.02. The van der Waals surface area contributed by atoms with Crippen LogP contribution in [-0.4, -0.2) is 11.8 Å². The molecule has 6 nitrogen and oxygen atoms in total. The van der Waals surface area contributed by atoms with Crippen LogP contribution in [0.2, 0.25) is 5.02 Å². The van der Waals surface area contributed by atoms with Crippen molar-refractivity contribution in [3.05, 3.63) is 95.1 Å². The number of furan rings is 2. The Morgan fingerprint density at radius 2 is 1.63 bits per heavy atom. The van der Waals surface area contributed by atoms with E-state index in [0.717, 1.165) is 11.1 Å². The number of nitrogens with one attached hydrogen (secondary N) is 2. The number of halogens is 1. The van der Waals surface area contributed by atoms with Gasteiger partial charge in [-0.3, -0.25) is 9.59 Å². The minimum absolute atomic E-state index is 0.171. The largest absolute Gasteiger partial charge is 0.459 e. The van der Waals surface area contributed by atoms with E-state index in [4.69, 9.17) is 20.4 Å². The average molecular weight is 421 g/mol. The number of benzene rings is 2. The van der Waals surface area contributed by atoms with Crippen LogP contribution in [0.25, 0.3) is 11.3 Å². The van der Waals surface area contributed by atoms with Crippen LogP contribution in [0.1, 0.15) is 26.7 Å². The van der Waals surface area contributed by atoms with Crippen molar-refractivity contribution in [1.29, 1.82) is 0 Å². The van der Waals surface area contributed by atoms with E-state index in [1.807, 2.05) is 19.1 Å². The lowest BCUT2D eigenvalue weighted by Crippen LogP contribution is -2.14. The van der Waals surface area contributed by atoms with Gasteiger partial charge in [-0.15, -0.1) is 0 Å². The van der Waals surface area contributed by atoms with Crippen LogP contribution in [0.4, 0.5) is 11.4 Å². The Balaban J connectivity index is 1.49. The number of aryl methyl sites for hydroxylation is 1. The van der Waals surface area contributed by atoms with Gasteiger partial charge in [0.1, 0.15) is 5.76 Å². The maximum atomic E-state index is 12.7. The molecule has 0 saturated heterocycles. The summed E-state index contributed by atoms with van der Waals surface area (Å²) in [6.07, 6.45) is 1.43. The summed E-state index contributed by atoms with van der Waals surface area (Å²) in [6, 6.07) is 18.9. The van der Waals surface area contributed by atoms with Crippen molar-refractivity contribution in [1.82, 2.24) is 0 Å². The minimum atomic E-state index is -0.396. The lowest BCUT2D eigenvalue weighted by molar-refractivity contribution is 0.0990. The van der Waals surface area contributed by atoms with E-state index < -0.39 is 5.91 Å². The number of hydrogen-bond acceptors (Lipinski definition) is 4. The molecule has 0 aliphatic carbocycles. The van der Waals surface area contributed by atoms with Crippen molar-refractivity contribution >= 4 is 34.8 Å². The molecule has 0 spiro atoms. The molecule has 0 aliphatic rings. The van der Waals surface area contributed by atoms with Crippen LogP contribution in [0.15, 0.2) is 81.8 Å².